The van der Waals surface area contributed by atoms with E-state index in [2.05, 4.69) is 4.98 Å². The van der Waals surface area contributed by atoms with E-state index in [0.717, 1.165) is 0 Å². The van der Waals surface area contributed by atoms with Gasteiger partial charge >= 0.3 is 0 Å². The van der Waals surface area contributed by atoms with Crippen molar-refractivity contribution in [2.75, 3.05) is 13.1 Å². The van der Waals surface area contributed by atoms with E-state index in [-0.39, 0.29) is 17.5 Å². The summed E-state index contributed by atoms with van der Waals surface area (Å²) in [7, 11) is 0. The molecular weight excluding hydrogens is 485 g/mol. The highest BCUT2D eigenvalue weighted by Gasteiger charge is 2.36. The number of nitrogens with zero attached hydrogens (tertiary/aromatic N) is 4. The molecule has 8 nitrogen and oxygen atoms in total. The van der Waals surface area contributed by atoms with E-state index in [0.29, 0.717) is 55.1 Å². The molecule has 0 saturated heterocycles. The van der Waals surface area contributed by atoms with Crippen LogP contribution in [-0.2, 0) is 29.1 Å². The van der Waals surface area contributed by atoms with Crippen LogP contribution in [0.15, 0.2) is 54.7 Å². The number of carbonyl (C=O) groups excluding carboxylic acids is 3. The normalized spacial score (nSPS) is 15.9. The Labute approximate surface area is 213 Å². The highest BCUT2D eigenvalue weighted by Crippen LogP contribution is 2.39. The first-order chi connectivity index (χ1) is 17.3. The largest absolute Gasteiger partial charge is 0.368 e. The molecule has 0 fully saturated rings. The monoisotopic (exact) mass is 511 g/mol. The molecule has 3 aromatic rings. The number of amides is 3. The van der Waals surface area contributed by atoms with Crippen molar-refractivity contribution in [1.82, 2.24) is 19.4 Å². The summed E-state index contributed by atoms with van der Waals surface area (Å²) in [6.45, 7) is 2.37. The molecule has 0 bridgehead atoms. The molecule has 188 valence electrons. The van der Waals surface area contributed by atoms with E-state index in [1.165, 1.54) is 24.1 Å². The first-order valence-corrected chi connectivity index (χ1v) is 12.0. The molecule has 36 heavy (non-hydrogen) atoms. The Balaban J connectivity index is 0.000000445. The third-order valence-electron chi connectivity index (χ3n) is 6.38. The second-order valence-corrected chi connectivity index (χ2v) is 9.15. The molecule has 2 aromatic carbocycles. The average Bonchev–Trinajstić information content (AvgIpc) is 3.47. The molecule has 0 spiro atoms. The highest BCUT2D eigenvalue weighted by molar-refractivity contribution is 6.30. The highest BCUT2D eigenvalue weighted by atomic mass is 35.5. The fourth-order valence-corrected chi connectivity index (χ4v) is 4.88. The van der Waals surface area contributed by atoms with Crippen LogP contribution >= 0.6 is 11.6 Å². The van der Waals surface area contributed by atoms with Crippen LogP contribution in [0.5, 0.6) is 0 Å². The summed E-state index contributed by atoms with van der Waals surface area (Å²) in [5, 5.41) is 0.232. The summed E-state index contributed by atoms with van der Waals surface area (Å²) in [6, 6.07) is 14.4. The average molecular weight is 512 g/mol. The van der Waals surface area contributed by atoms with Gasteiger partial charge in [0.15, 0.2) is 0 Å². The Morgan fingerprint density at radius 1 is 1.14 bits per heavy atom. The number of imidazole rings is 1. The van der Waals surface area contributed by atoms with E-state index in [4.69, 9.17) is 17.3 Å². The minimum absolute atomic E-state index is 0.0612. The number of benzene rings is 2. The van der Waals surface area contributed by atoms with Crippen molar-refractivity contribution < 1.29 is 18.8 Å². The van der Waals surface area contributed by atoms with Gasteiger partial charge in [0.1, 0.15) is 23.9 Å². The fourth-order valence-electron chi connectivity index (χ4n) is 4.67. The standard InChI is InChI=1S/C20H21ClFN5O3.C6H6/c1-11(28)25-4-5-26-17(8-24-19(26)10-25)20(30)27(9-18(23)29)16-3-2-13-14(16)6-12(21)7-15(13)22;1-2-4-6-5-3-1/h6-8,16H,2-5,9-10H2,1H3,(H2,23,29);1-6H. The molecule has 2 heterocycles. The number of fused-ring (bicyclic) bond motifs is 2. The van der Waals surface area contributed by atoms with Gasteiger partial charge in [0, 0.05) is 25.0 Å². The molecular formula is C26H27ClFN5O3. The van der Waals surface area contributed by atoms with Crippen molar-refractivity contribution in [3.05, 3.63) is 88.2 Å². The molecule has 1 unspecified atom stereocenters. The summed E-state index contributed by atoms with van der Waals surface area (Å²) < 4.78 is 16.1. The van der Waals surface area contributed by atoms with Gasteiger partial charge in [-0.15, -0.1) is 0 Å². The number of rotatable bonds is 4. The van der Waals surface area contributed by atoms with E-state index < -0.39 is 23.7 Å². The van der Waals surface area contributed by atoms with Crippen LogP contribution in [0.4, 0.5) is 4.39 Å². The van der Waals surface area contributed by atoms with Gasteiger partial charge in [0.2, 0.25) is 11.8 Å². The van der Waals surface area contributed by atoms with E-state index in [1.807, 2.05) is 36.4 Å². The summed E-state index contributed by atoms with van der Waals surface area (Å²) in [5.41, 5.74) is 6.82. The third kappa shape index (κ3) is 5.41. The van der Waals surface area contributed by atoms with Crippen molar-refractivity contribution in [1.29, 1.82) is 0 Å². The maximum absolute atomic E-state index is 14.3. The molecule has 2 aliphatic rings. The second-order valence-electron chi connectivity index (χ2n) is 8.72. The van der Waals surface area contributed by atoms with Crippen LogP contribution in [0.2, 0.25) is 5.02 Å². The molecule has 1 aliphatic heterocycles. The molecule has 1 aromatic heterocycles. The quantitative estimate of drug-likeness (QED) is 0.580. The molecule has 1 aliphatic carbocycles. The number of aromatic nitrogens is 2. The van der Waals surface area contributed by atoms with Gasteiger partial charge in [-0.05, 0) is 36.1 Å². The van der Waals surface area contributed by atoms with Crippen molar-refractivity contribution in [2.24, 2.45) is 5.73 Å². The molecule has 0 radical (unpaired) electrons. The van der Waals surface area contributed by atoms with Crippen molar-refractivity contribution in [3.63, 3.8) is 0 Å². The molecule has 3 amide bonds. The summed E-state index contributed by atoms with van der Waals surface area (Å²) in [4.78, 5) is 44.2. The number of hydrogen-bond donors (Lipinski definition) is 1. The van der Waals surface area contributed by atoms with Crippen LogP contribution in [0, 0.1) is 5.82 Å². The van der Waals surface area contributed by atoms with Gasteiger partial charge in [-0.3, -0.25) is 14.4 Å². The predicted octanol–water partition coefficient (Wildman–Crippen LogP) is 3.34. The van der Waals surface area contributed by atoms with Crippen molar-refractivity contribution >= 4 is 29.3 Å². The topological polar surface area (TPSA) is 102 Å². The van der Waals surface area contributed by atoms with Crippen LogP contribution in [-0.4, -0.2) is 50.2 Å². The van der Waals surface area contributed by atoms with E-state index >= 15 is 0 Å². The lowest BCUT2D eigenvalue weighted by Crippen LogP contribution is -2.42. The smallest absolute Gasteiger partial charge is 0.273 e. The summed E-state index contributed by atoms with van der Waals surface area (Å²) in [5.74, 6) is -0.964. The number of halogens is 2. The van der Waals surface area contributed by atoms with Gasteiger partial charge in [-0.25, -0.2) is 9.37 Å². The third-order valence-corrected chi connectivity index (χ3v) is 6.60. The number of primary amides is 1. The Morgan fingerprint density at radius 3 is 2.42 bits per heavy atom. The fraction of sp³-hybridized carbons (Fsp3) is 0.308. The van der Waals surface area contributed by atoms with Crippen molar-refractivity contribution in [3.8, 4) is 0 Å². The predicted molar refractivity (Wildman–Crippen MR) is 132 cm³/mol. The molecule has 2 N–H and O–H groups in total. The zero-order valence-corrected chi connectivity index (χ0v) is 20.6. The van der Waals surface area contributed by atoms with Gasteiger partial charge in [-0.1, -0.05) is 48.0 Å². The second kappa shape index (κ2) is 10.9. The van der Waals surface area contributed by atoms with Crippen LogP contribution < -0.4 is 5.73 Å². The van der Waals surface area contributed by atoms with E-state index in [1.54, 1.807) is 15.5 Å². The minimum Gasteiger partial charge on any atom is -0.368 e. The summed E-state index contributed by atoms with van der Waals surface area (Å²) in [6.07, 6.45) is 2.35. The SMILES string of the molecule is CC(=O)N1CCn2c(C(=O)N(CC(N)=O)C3CCc4c(F)cc(Cl)cc43)cnc2C1.c1ccccc1. The number of nitrogens with two attached hydrogens (primary N) is 1. The number of carbonyl (C=O) groups is 3. The van der Waals surface area contributed by atoms with Gasteiger partial charge in [0.25, 0.3) is 5.91 Å². The van der Waals surface area contributed by atoms with Crippen LogP contribution in [0.25, 0.3) is 0 Å². The lowest BCUT2D eigenvalue weighted by atomic mass is 10.1. The van der Waals surface area contributed by atoms with Crippen LogP contribution in [0.3, 0.4) is 0 Å². The van der Waals surface area contributed by atoms with Crippen LogP contribution in [0.1, 0.15) is 46.8 Å². The minimum atomic E-state index is -0.666. The zero-order chi connectivity index (χ0) is 25.8. The van der Waals surface area contributed by atoms with Gasteiger partial charge in [-0.2, -0.15) is 0 Å². The Kier molecular flexibility index (Phi) is 7.69. The molecule has 0 saturated carbocycles. The maximum Gasteiger partial charge on any atom is 0.273 e. The Hall–Kier alpha value is -3.72. The van der Waals surface area contributed by atoms with Crippen molar-refractivity contribution in [2.45, 2.75) is 38.9 Å². The van der Waals surface area contributed by atoms with Gasteiger partial charge in [0.05, 0.1) is 18.8 Å². The van der Waals surface area contributed by atoms with E-state index in [9.17, 15) is 18.8 Å². The zero-order valence-electron chi connectivity index (χ0n) is 19.9. The Morgan fingerprint density at radius 2 is 1.81 bits per heavy atom. The Bertz CT molecular complexity index is 1250. The lowest BCUT2D eigenvalue weighted by molar-refractivity contribution is -0.130. The maximum atomic E-state index is 14.3. The first kappa shape index (κ1) is 25.4. The molecule has 10 heteroatoms. The lowest BCUT2D eigenvalue weighted by Gasteiger charge is -2.31. The summed E-state index contributed by atoms with van der Waals surface area (Å²) >= 11 is 6.04. The first-order valence-electron chi connectivity index (χ1n) is 11.6. The molecule has 5 rings (SSSR count). The molecule has 1 atom stereocenters. The van der Waals surface area contributed by atoms with Gasteiger partial charge < -0.3 is 20.1 Å². The number of hydrogen-bond acceptors (Lipinski definition) is 4.